The molecule has 0 unspecified atom stereocenters. The first kappa shape index (κ1) is 24.8. The van der Waals surface area contributed by atoms with Gasteiger partial charge in [-0.1, -0.05) is 43.1 Å². The maximum Gasteiger partial charge on any atom is 0.244 e. The molecule has 178 valence electrons. The Labute approximate surface area is 200 Å². The summed E-state index contributed by atoms with van der Waals surface area (Å²) in [6.07, 6.45) is 7.08. The number of aryl methyl sites for hydroxylation is 2. The third-order valence-electron chi connectivity index (χ3n) is 5.96. The molecule has 0 bridgehead atoms. The van der Waals surface area contributed by atoms with Gasteiger partial charge in [-0.25, -0.2) is 0 Å². The topological polar surface area (TPSA) is 76.5 Å². The normalized spacial score (nSPS) is 14.6. The average Bonchev–Trinajstić information content (AvgIpc) is 3.09. The number of nitrogens with zero attached hydrogens (tertiary/aromatic N) is 3. The smallest absolute Gasteiger partial charge is 0.244 e. The van der Waals surface area contributed by atoms with E-state index in [4.69, 9.17) is 16.3 Å². The summed E-state index contributed by atoms with van der Waals surface area (Å²) in [5, 5.41) is 8.07. The van der Waals surface area contributed by atoms with Crippen LogP contribution >= 0.6 is 11.6 Å². The van der Waals surface area contributed by atoms with Crippen LogP contribution in [0.2, 0.25) is 5.15 Å². The molecule has 0 radical (unpaired) electrons. The quantitative estimate of drug-likeness (QED) is 0.559. The summed E-state index contributed by atoms with van der Waals surface area (Å²) < 4.78 is 7.13. The van der Waals surface area contributed by atoms with Crippen LogP contribution in [0.5, 0.6) is 5.75 Å². The first-order valence-electron chi connectivity index (χ1n) is 11.5. The van der Waals surface area contributed by atoms with Crippen molar-refractivity contribution in [2.45, 2.75) is 58.5 Å². The second kappa shape index (κ2) is 11.9. The highest BCUT2D eigenvalue weighted by atomic mass is 35.5. The second-order valence-electron chi connectivity index (χ2n) is 8.35. The molecule has 1 N–H and O–H groups in total. The van der Waals surface area contributed by atoms with Gasteiger partial charge in [0, 0.05) is 42.9 Å². The average molecular weight is 473 g/mol. The first-order valence-corrected chi connectivity index (χ1v) is 11.9. The maximum atomic E-state index is 12.7. The van der Waals surface area contributed by atoms with Crippen LogP contribution < -0.4 is 10.1 Å². The van der Waals surface area contributed by atoms with Gasteiger partial charge in [0.25, 0.3) is 0 Å². The number of nitrogens with one attached hydrogen (secondary N) is 1. The summed E-state index contributed by atoms with van der Waals surface area (Å²) >= 11 is 6.44. The van der Waals surface area contributed by atoms with Crippen LogP contribution in [-0.4, -0.2) is 52.7 Å². The number of unbranched alkanes of at least 4 members (excludes halogenated alkanes) is 1. The second-order valence-corrected chi connectivity index (χ2v) is 8.71. The first-order chi connectivity index (χ1) is 15.9. The van der Waals surface area contributed by atoms with Crippen molar-refractivity contribution in [3.8, 4) is 5.75 Å². The Morgan fingerprint density at radius 2 is 2.00 bits per heavy atom. The van der Waals surface area contributed by atoms with Gasteiger partial charge in [0.2, 0.25) is 11.8 Å². The lowest BCUT2D eigenvalue weighted by Crippen LogP contribution is -2.46. The molecule has 33 heavy (non-hydrogen) atoms. The van der Waals surface area contributed by atoms with Crippen molar-refractivity contribution in [2.24, 2.45) is 0 Å². The monoisotopic (exact) mass is 472 g/mol. The van der Waals surface area contributed by atoms with E-state index >= 15 is 0 Å². The van der Waals surface area contributed by atoms with Crippen molar-refractivity contribution in [3.63, 3.8) is 0 Å². The summed E-state index contributed by atoms with van der Waals surface area (Å²) in [4.78, 5) is 27.0. The van der Waals surface area contributed by atoms with E-state index in [2.05, 4.69) is 17.3 Å². The number of ether oxygens (including phenoxy) is 1. The molecule has 1 aliphatic heterocycles. The minimum atomic E-state index is -0.162. The van der Waals surface area contributed by atoms with Crippen LogP contribution in [0, 0.1) is 6.92 Å². The molecule has 1 saturated heterocycles. The number of para-hydroxylation sites is 1. The number of halogens is 1. The third-order valence-corrected chi connectivity index (χ3v) is 6.36. The van der Waals surface area contributed by atoms with Crippen LogP contribution in [-0.2, 0) is 22.6 Å². The fourth-order valence-corrected chi connectivity index (χ4v) is 4.34. The van der Waals surface area contributed by atoms with Gasteiger partial charge in [0.1, 0.15) is 10.9 Å². The Morgan fingerprint density at radius 3 is 2.70 bits per heavy atom. The van der Waals surface area contributed by atoms with E-state index < -0.39 is 0 Å². The summed E-state index contributed by atoms with van der Waals surface area (Å²) in [6, 6.07) is 7.62. The zero-order valence-corrected chi connectivity index (χ0v) is 20.4. The van der Waals surface area contributed by atoms with E-state index in [-0.39, 0.29) is 17.9 Å². The summed E-state index contributed by atoms with van der Waals surface area (Å²) in [5.41, 5.74) is 2.47. The molecular weight excluding hydrogens is 440 g/mol. The van der Waals surface area contributed by atoms with Crippen molar-refractivity contribution >= 4 is 29.5 Å². The standard InChI is InChI=1S/C25H33ClN4O3/c1-4-5-14-30-25(26)21(18(2)28-30)10-11-23(31)27-20-12-15-29(16-13-20)24(32)17-19-8-6-7-9-22(19)33-3/h6-11,20H,4-5,12-17H2,1-3H3,(H,27,31)/b11-10+. The number of hydrogen-bond acceptors (Lipinski definition) is 4. The van der Waals surface area contributed by atoms with Crippen LogP contribution in [0.15, 0.2) is 30.3 Å². The Balaban J connectivity index is 1.48. The van der Waals surface area contributed by atoms with Crippen molar-refractivity contribution in [3.05, 3.63) is 52.3 Å². The minimum absolute atomic E-state index is 0.0429. The van der Waals surface area contributed by atoms with Crippen LogP contribution in [0.25, 0.3) is 6.08 Å². The number of amides is 2. The summed E-state index contributed by atoms with van der Waals surface area (Å²) in [6.45, 7) is 6.03. The van der Waals surface area contributed by atoms with Gasteiger partial charge in [-0.2, -0.15) is 5.10 Å². The predicted molar refractivity (Wildman–Crippen MR) is 130 cm³/mol. The zero-order chi connectivity index (χ0) is 23.8. The molecule has 1 aliphatic rings. The highest BCUT2D eigenvalue weighted by molar-refractivity contribution is 6.31. The minimum Gasteiger partial charge on any atom is -0.496 e. The molecule has 0 aliphatic carbocycles. The van der Waals surface area contributed by atoms with Crippen molar-refractivity contribution in [1.82, 2.24) is 20.0 Å². The molecule has 0 atom stereocenters. The van der Waals surface area contributed by atoms with Gasteiger partial charge >= 0.3 is 0 Å². The lowest BCUT2D eigenvalue weighted by molar-refractivity contribution is -0.131. The van der Waals surface area contributed by atoms with Crippen molar-refractivity contribution in [1.29, 1.82) is 0 Å². The Kier molecular flexibility index (Phi) is 8.95. The fourth-order valence-electron chi connectivity index (χ4n) is 4.02. The highest BCUT2D eigenvalue weighted by Gasteiger charge is 2.24. The number of carbonyl (C=O) groups excluding carboxylic acids is 2. The molecule has 0 saturated carbocycles. The Hall–Kier alpha value is -2.80. The van der Waals surface area contributed by atoms with Crippen molar-refractivity contribution < 1.29 is 14.3 Å². The van der Waals surface area contributed by atoms with E-state index in [9.17, 15) is 9.59 Å². The van der Waals surface area contributed by atoms with Gasteiger partial charge in [-0.05, 0) is 38.3 Å². The highest BCUT2D eigenvalue weighted by Crippen LogP contribution is 2.22. The summed E-state index contributed by atoms with van der Waals surface area (Å²) in [7, 11) is 1.61. The van der Waals surface area contributed by atoms with Gasteiger partial charge in [0.05, 0.1) is 19.2 Å². The molecule has 1 aromatic heterocycles. The maximum absolute atomic E-state index is 12.7. The van der Waals surface area contributed by atoms with Gasteiger partial charge in [-0.15, -0.1) is 0 Å². The molecule has 2 amide bonds. The molecule has 7 nitrogen and oxygen atoms in total. The van der Waals surface area contributed by atoms with E-state index in [1.54, 1.807) is 17.9 Å². The molecule has 8 heteroatoms. The van der Waals surface area contributed by atoms with Gasteiger partial charge < -0.3 is 15.0 Å². The SMILES string of the molecule is CCCCn1nc(C)c(/C=C/C(=O)NC2CCN(C(=O)Cc3ccccc3OC)CC2)c1Cl. The molecule has 1 fully saturated rings. The van der Waals surface area contributed by atoms with E-state index in [0.717, 1.165) is 54.8 Å². The van der Waals surface area contributed by atoms with Crippen LogP contribution in [0.1, 0.15) is 49.4 Å². The van der Waals surface area contributed by atoms with Gasteiger partial charge in [0.15, 0.2) is 0 Å². The predicted octanol–water partition coefficient (Wildman–Crippen LogP) is 4.02. The fraction of sp³-hybridized carbons (Fsp3) is 0.480. The van der Waals surface area contributed by atoms with Gasteiger partial charge in [-0.3, -0.25) is 14.3 Å². The molecular formula is C25H33ClN4O3. The number of hydrogen-bond donors (Lipinski definition) is 1. The number of methoxy groups -OCH3 is 1. The van der Waals surface area contributed by atoms with Crippen LogP contribution in [0.4, 0.5) is 0 Å². The van der Waals surface area contributed by atoms with E-state index in [1.165, 1.54) is 6.08 Å². The number of piperidine rings is 1. The number of rotatable bonds is 9. The lowest BCUT2D eigenvalue weighted by Gasteiger charge is -2.32. The molecule has 2 heterocycles. The Bertz CT molecular complexity index is 994. The number of likely N-dealkylation sites (tertiary alicyclic amines) is 1. The summed E-state index contributed by atoms with van der Waals surface area (Å²) in [5.74, 6) is 0.644. The number of carbonyl (C=O) groups is 2. The zero-order valence-electron chi connectivity index (χ0n) is 19.6. The van der Waals surface area contributed by atoms with Crippen LogP contribution in [0.3, 0.4) is 0 Å². The molecule has 3 rings (SSSR count). The molecule has 1 aromatic carbocycles. The number of benzene rings is 1. The van der Waals surface area contributed by atoms with Crippen molar-refractivity contribution in [2.75, 3.05) is 20.2 Å². The Morgan fingerprint density at radius 1 is 1.27 bits per heavy atom. The molecule has 2 aromatic rings. The van der Waals surface area contributed by atoms with E-state index in [0.29, 0.717) is 24.7 Å². The number of aromatic nitrogens is 2. The largest absolute Gasteiger partial charge is 0.496 e. The third kappa shape index (κ3) is 6.60. The molecule has 0 spiro atoms. The van der Waals surface area contributed by atoms with E-state index in [1.807, 2.05) is 36.1 Å². The lowest BCUT2D eigenvalue weighted by atomic mass is 10.0.